The summed E-state index contributed by atoms with van der Waals surface area (Å²) in [6.07, 6.45) is 7.30. The molecule has 0 amide bonds. The molecule has 164 valence electrons. The number of hydrogen-bond acceptors (Lipinski definition) is 5. The monoisotopic (exact) mass is 486 g/mol. The maximum Gasteiger partial charge on any atom is 0.288 e. The lowest BCUT2D eigenvalue weighted by atomic mass is 9.76. The minimum atomic E-state index is -0.764. The maximum absolute atomic E-state index is 11.5. The summed E-state index contributed by atoms with van der Waals surface area (Å²) in [6, 6.07) is 9.85. The van der Waals surface area contributed by atoms with Crippen LogP contribution in [0.4, 0.5) is 11.4 Å². The Morgan fingerprint density at radius 3 is 2.68 bits per heavy atom. The quantitative estimate of drug-likeness (QED) is 0.266. The Labute approximate surface area is 191 Å². The first-order chi connectivity index (χ1) is 14.8. The molecule has 0 fully saturated rings. The fourth-order valence-corrected chi connectivity index (χ4v) is 5.35. The number of benzene rings is 2. The Hall–Kier alpha value is -2.54. The summed E-state index contributed by atoms with van der Waals surface area (Å²) in [6.45, 7) is 7.42. The summed E-state index contributed by atoms with van der Waals surface area (Å²) in [4.78, 5) is 13.4. The second-order valence-electron chi connectivity index (χ2n) is 8.54. The van der Waals surface area contributed by atoms with Crippen LogP contribution in [0, 0.1) is 10.1 Å². The SMILES string of the molecule is CCCCCN1c2ccccc2C(C)(C)C12C=Cc1c(Br)c([N+](=O)[O-])cc(OC)c1O2. The first-order valence-electron chi connectivity index (χ1n) is 10.6. The van der Waals surface area contributed by atoms with Crippen LogP contribution in [0.15, 0.2) is 40.9 Å². The van der Waals surface area contributed by atoms with Crippen LogP contribution in [0.5, 0.6) is 11.5 Å². The van der Waals surface area contributed by atoms with Crippen LogP contribution >= 0.6 is 15.9 Å². The third-order valence-corrected chi connectivity index (χ3v) is 7.33. The third kappa shape index (κ3) is 3.13. The number of ether oxygens (including phenoxy) is 2. The molecule has 6 nitrogen and oxygen atoms in total. The highest BCUT2D eigenvalue weighted by molar-refractivity contribution is 9.10. The van der Waals surface area contributed by atoms with Crippen LogP contribution in [-0.2, 0) is 5.41 Å². The molecule has 4 rings (SSSR count). The maximum atomic E-state index is 11.5. The van der Waals surface area contributed by atoms with Gasteiger partial charge in [0, 0.05) is 17.8 Å². The van der Waals surface area contributed by atoms with Crippen molar-refractivity contribution in [3.63, 3.8) is 0 Å². The Morgan fingerprint density at radius 2 is 2.00 bits per heavy atom. The number of para-hydroxylation sites is 1. The van der Waals surface area contributed by atoms with Gasteiger partial charge in [-0.15, -0.1) is 0 Å². The van der Waals surface area contributed by atoms with Crippen molar-refractivity contribution in [1.82, 2.24) is 0 Å². The molecule has 0 aliphatic carbocycles. The molecular formula is C24H27BrN2O4. The molecule has 1 atom stereocenters. The zero-order chi connectivity index (χ0) is 22.4. The number of nitrogens with zero attached hydrogens (tertiary/aromatic N) is 2. The lowest BCUT2D eigenvalue weighted by Gasteiger charge is -2.47. The molecule has 2 aromatic carbocycles. The van der Waals surface area contributed by atoms with Gasteiger partial charge in [-0.05, 0) is 60.0 Å². The van der Waals surface area contributed by atoms with Crippen molar-refractivity contribution in [2.45, 2.75) is 51.2 Å². The highest BCUT2D eigenvalue weighted by Crippen LogP contribution is 2.57. The molecule has 2 aliphatic heterocycles. The molecule has 0 bridgehead atoms. The predicted molar refractivity (Wildman–Crippen MR) is 126 cm³/mol. The number of rotatable bonds is 6. The second kappa shape index (κ2) is 7.86. The van der Waals surface area contributed by atoms with Gasteiger partial charge in [-0.1, -0.05) is 38.0 Å². The van der Waals surface area contributed by atoms with E-state index in [-0.39, 0.29) is 11.1 Å². The Morgan fingerprint density at radius 1 is 1.26 bits per heavy atom. The first kappa shape index (κ1) is 21.7. The molecule has 2 heterocycles. The standard InChI is InChI=1S/C24H27BrN2O4/c1-5-6-9-14-26-18-11-8-7-10-17(18)23(2,3)24(26)13-12-16-21(25)19(27(28)29)15-20(30-4)22(16)31-24/h7-8,10-13,15H,5-6,9,14H2,1-4H3. The minimum absolute atomic E-state index is 0.0476. The van der Waals surface area contributed by atoms with Crippen LogP contribution in [-0.4, -0.2) is 24.3 Å². The second-order valence-corrected chi connectivity index (χ2v) is 9.34. The molecule has 0 aromatic heterocycles. The molecule has 0 radical (unpaired) electrons. The van der Waals surface area contributed by atoms with Crippen molar-refractivity contribution < 1.29 is 14.4 Å². The Kier molecular flexibility index (Phi) is 5.50. The lowest BCUT2D eigenvalue weighted by Crippen LogP contribution is -2.59. The average Bonchev–Trinajstić information content (AvgIpc) is 2.93. The molecule has 0 saturated carbocycles. The van der Waals surface area contributed by atoms with Gasteiger partial charge in [0.2, 0.25) is 5.72 Å². The zero-order valence-electron chi connectivity index (χ0n) is 18.3. The van der Waals surface area contributed by atoms with E-state index in [4.69, 9.17) is 9.47 Å². The van der Waals surface area contributed by atoms with Crippen LogP contribution in [0.25, 0.3) is 6.08 Å². The summed E-state index contributed by atoms with van der Waals surface area (Å²) in [5.74, 6) is 0.873. The number of unbranched alkanes of at least 4 members (excludes halogenated alkanes) is 2. The van der Waals surface area contributed by atoms with Gasteiger partial charge in [0.05, 0.1) is 23.5 Å². The molecule has 1 spiro atoms. The number of methoxy groups -OCH3 is 1. The number of nitro groups is 1. The number of fused-ring (bicyclic) bond motifs is 2. The summed E-state index contributed by atoms with van der Waals surface area (Å²) in [5, 5.41) is 11.5. The third-order valence-electron chi connectivity index (χ3n) is 6.50. The fraction of sp³-hybridized carbons (Fsp3) is 0.417. The zero-order valence-corrected chi connectivity index (χ0v) is 19.9. The molecule has 7 heteroatoms. The predicted octanol–water partition coefficient (Wildman–Crippen LogP) is 6.46. The van der Waals surface area contributed by atoms with Gasteiger partial charge in [-0.2, -0.15) is 0 Å². The summed E-state index contributed by atoms with van der Waals surface area (Å²) < 4.78 is 12.8. The first-order valence-corrected chi connectivity index (χ1v) is 11.4. The van der Waals surface area contributed by atoms with Crippen molar-refractivity contribution in [3.8, 4) is 11.5 Å². The van der Waals surface area contributed by atoms with Crippen molar-refractivity contribution in [2.75, 3.05) is 18.6 Å². The lowest BCUT2D eigenvalue weighted by molar-refractivity contribution is -0.385. The number of halogens is 1. The van der Waals surface area contributed by atoms with Crippen molar-refractivity contribution >= 4 is 33.4 Å². The van der Waals surface area contributed by atoms with Gasteiger partial charge in [0.15, 0.2) is 11.5 Å². The topological polar surface area (TPSA) is 64.8 Å². The number of nitro benzene ring substituents is 1. The van der Waals surface area contributed by atoms with E-state index >= 15 is 0 Å². The van der Waals surface area contributed by atoms with Crippen LogP contribution in [0.2, 0.25) is 0 Å². The van der Waals surface area contributed by atoms with Gasteiger partial charge < -0.3 is 14.4 Å². The van der Waals surface area contributed by atoms with E-state index < -0.39 is 10.6 Å². The number of anilines is 1. The van der Waals surface area contributed by atoms with Crippen LogP contribution in [0.1, 0.15) is 51.2 Å². The van der Waals surface area contributed by atoms with Crippen LogP contribution in [0.3, 0.4) is 0 Å². The van der Waals surface area contributed by atoms with Gasteiger partial charge >= 0.3 is 0 Å². The van der Waals surface area contributed by atoms with E-state index in [1.165, 1.54) is 18.7 Å². The van der Waals surface area contributed by atoms with Gasteiger partial charge in [0.1, 0.15) is 4.47 Å². The van der Waals surface area contributed by atoms with Crippen molar-refractivity contribution in [3.05, 3.63) is 62.1 Å². The molecule has 31 heavy (non-hydrogen) atoms. The summed E-state index contributed by atoms with van der Waals surface area (Å²) >= 11 is 3.41. The molecular weight excluding hydrogens is 460 g/mol. The molecule has 1 unspecified atom stereocenters. The van der Waals surface area contributed by atoms with E-state index in [0.717, 1.165) is 31.5 Å². The van der Waals surface area contributed by atoms with E-state index in [0.29, 0.717) is 21.5 Å². The highest BCUT2D eigenvalue weighted by Gasteiger charge is 2.59. The number of hydrogen-bond donors (Lipinski definition) is 0. The van der Waals surface area contributed by atoms with Gasteiger partial charge in [-0.3, -0.25) is 10.1 Å². The van der Waals surface area contributed by atoms with Gasteiger partial charge in [-0.25, -0.2) is 0 Å². The van der Waals surface area contributed by atoms with Gasteiger partial charge in [0.25, 0.3) is 5.69 Å². The molecule has 0 saturated heterocycles. The summed E-state index contributed by atoms with van der Waals surface area (Å²) in [5.41, 5.74) is 1.84. The van der Waals surface area contributed by atoms with E-state index in [2.05, 4.69) is 71.9 Å². The van der Waals surface area contributed by atoms with E-state index in [9.17, 15) is 10.1 Å². The van der Waals surface area contributed by atoms with E-state index in [1.54, 1.807) is 0 Å². The summed E-state index contributed by atoms with van der Waals surface area (Å²) in [7, 11) is 1.51. The molecule has 2 aliphatic rings. The molecule has 2 aromatic rings. The van der Waals surface area contributed by atoms with Crippen LogP contribution < -0.4 is 14.4 Å². The minimum Gasteiger partial charge on any atom is -0.493 e. The highest BCUT2D eigenvalue weighted by atomic mass is 79.9. The Bertz CT molecular complexity index is 1070. The van der Waals surface area contributed by atoms with Crippen molar-refractivity contribution in [2.24, 2.45) is 0 Å². The van der Waals surface area contributed by atoms with E-state index in [1.807, 2.05) is 6.08 Å². The largest absolute Gasteiger partial charge is 0.493 e. The average molecular weight is 487 g/mol. The fourth-order valence-electron chi connectivity index (χ4n) is 4.78. The normalized spacial score (nSPS) is 20.4. The molecule has 0 N–H and O–H groups in total. The smallest absolute Gasteiger partial charge is 0.288 e. The van der Waals surface area contributed by atoms with Crippen molar-refractivity contribution in [1.29, 1.82) is 0 Å². The Balaban J connectivity index is 1.89.